The number of ether oxygens (including phenoxy) is 3. The monoisotopic (exact) mass is 454 g/mol. The molecule has 1 saturated heterocycles. The number of carbonyl (C=O) groups is 2. The first-order valence-electron chi connectivity index (χ1n) is 11.4. The van der Waals surface area contributed by atoms with Crippen molar-refractivity contribution in [2.75, 3.05) is 19.7 Å². The molecule has 33 heavy (non-hydrogen) atoms. The van der Waals surface area contributed by atoms with Crippen LogP contribution in [0.1, 0.15) is 38.8 Å². The van der Waals surface area contributed by atoms with E-state index in [-0.39, 0.29) is 18.8 Å². The molecule has 7 heteroatoms. The van der Waals surface area contributed by atoms with Crippen molar-refractivity contribution in [1.29, 1.82) is 0 Å². The summed E-state index contributed by atoms with van der Waals surface area (Å²) in [5, 5.41) is 0. The van der Waals surface area contributed by atoms with E-state index >= 15 is 0 Å². The molecule has 2 aromatic carbocycles. The van der Waals surface area contributed by atoms with Crippen LogP contribution in [0.5, 0.6) is 0 Å². The summed E-state index contributed by atoms with van der Waals surface area (Å²) in [6.07, 6.45) is -1.19. The molecule has 0 spiro atoms. The van der Waals surface area contributed by atoms with Crippen molar-refractivity contribution in [1.82, 2.24) is 9.80 Å². The van der Waals surface area contributed by atoms with Gasteiger partial charge in [0.25, 0.3) is 0 Å². The van der Waals surface area contributed by atoms with E-state index in [4.69, 9.17) is 14.2 Å². The highest BCUT2D eigenvalue weighted by atomic mass is 16.6. The molecular weight excluding hydrogens is 420 g/mol. The minimum absolute atomic E-state index is 0.173. The van der Waals surface area contributed by atoms with Gasteiger partial charge in [-0.05, 0) is 38.8 Å². The van der Waals surface area contributed by atoms with Gasteiger partial charge in [-0.25, -0.2) is 9.59 Å². The average molecular weight is 455 g/mol. The number of hydrogen-bond donors (Lipinski definition) is 0. The summed E-state index contributed by atoms with van der Waals surface area (Å²) in [4.78, 5) is 29.3. The Morgan fingerprint density at radius 3 is 2.15 bits per heavy atom. The highest BCUT2D eigenvalue weighted by Crippen LogP contribution is 2.24. The van der Waals surface area contributed by atoms with Gasteiger partial charge in [0.05, 0.1) is 18.7 Å². The smallest absolute Gasteiger partial charge is 0.410 e. The quantitative estimate of drug-likeness (QED) is 0.598. The van der Waals surface area contributed by atoms with Crippen LogP contribution in [0, 0.1) is 0 Å². The summed E-state index contributed by atoms with van der Waals surface area (Å²) in [6, 6.07) is 18.9. The van der Waals surface area contributed by atoms with Crippen LogP contribution in [0.15, 0.2) is 60.7 Å². The summed E-state index contributed by atoms with van der Waals surface area (Å²) < 4.78 is 17.2. The van der Waals surface area contributed by atoms with Gasteiger partial charge in [0, 0.05) is 19.7 Å². The summed E-state index contributed by atoms with van der Waals surface area (Å²) in [5.74, 6) is 0. The first-order chi connectivity index (χ1) is 15.8. The van der Waals surface area contributed by atoms with Crippen LogP contribution in [0.4, 0.5) is 9.59 Å². The molecule has 0 aliphatic carbocycles. The van der Waals surface area contributed by atoms with Crippen molar-refractivity contribution in [3.8, 4) is 0 Å². The Morgan fingerprint density at radius 1 is 0.970 bits per heavy atom. The number of carbonyl (C=O) groups excluding carboxylic acids is 2. The van der Waals surface area contributed by atoms with Crippen LogP contribution in [0.3, 0.4) is 0 Å². The maximum atomic E-state index is 13.3. The second kappa shape index (κ2) is 11.2. The third kappa shape index (κ3) is 7.22. The minimum atomic E-state index is -0.603. The molecule has 1 fully saturated rings. The molecule has 178 valence electrons. The Morgan fingerprint density at radius 2 is 1.58 bits per heavy atom. The van der Waals surface area contributed by atoms with Crippen molar-refractivity contribution in [2.24, 2.45) is 0 Å². The number of hydrogen-bond acceptors (Lipinski definition) is 5. The van der Waals surface area contributed by atoms with Crippen molar-refractivity contribution < 1.29 is 23.8 Å². The van der Waals surface area contributed by atoms with E-state index in [1.807, 2.05) is 88.4 Å². The fourth-order valence-corrected chi connectivity index (χ4v) is 3.81. The average Bonchev–Trinajstić information content (AvgIpc) is 3.20. The molecule has 0 bridgehead atoms. The van der Waals surface area contributed by atoms with Gasteiger partial charge >= 0.3 is 12.2 Å². The Bertz CT molecular complexity index is 898. The molecular formula is C26H34N2O5. The number of benzene rings is 2. The lowest BCUT2D eigenvalue weighted by Gasteiger charge is -2.31. The molecule has 0 saturated carbocycles. The predicted molar refractivity (Wildman–Crippen MR) is 126 cm³/mol. The van der Waals surface area contributed by atoms with Crippen LogP contribution in [0.25, 0.3) is 0 Å². The van der Waals surface area contributed by atoms with Gasteiger partial charge in [-0.3, -0.25) is 4.90 Å². The van der Waals surface area contributed by atoms with Gasteiger partial charge in [-0.1, -0.05) is 60.7 Å². The predicted octanol–water partition coefficient (Wildman–Crippen LogP) is 4.85. The standard InChI is InChI=1S/C26H34N2O5/c1-5-31-23-18-27(24(29)33-26(2,3)4)17-22(23)28(16-20-12-8-6-9-13-20)25(30)32-19-21-14-10-7-11-15-21/h6-15,22-23H,5,16-19H2,1-4H3/t22-,23-/m0/s1. The van der Waals surface area contributed by atoms with E-state index < -0.39 is 17.8 Å². The van der Waals surface area contributed by atoms with Gasteiger partial charge in [-0.15, -0.1) is 0 Å². The first kappa shape index (κ1) is 24.6. The van der Waals surface area contributed by atoms with Gasteiger partial charge in [0.15, 0.2) is 0 Å². The van der Waals surface area contributed by atoms with E-state index in [0.29, 0.717) is 26.2 Å². The van der Waals surface area contributed by atoms with Gasteiger partial charge in [0.2, 0.25) is 0 Å². The number of rotatable bonds is 7. The highest BCUT2D eigenvalue weighted by Gasteiger charge is 2.43. The maximum Gasteiger partial charge on any atom is 0.410 e. The topological polar surface area (TPSA) is 68.3 Å². The number of amides is 2. The van der Waals surface area contributed by atoms with E-state index in [1.165, 1.54) is 0 Å². The lowest BCUT2D eigenvalue weighted by Crippen LogP contribution is -2.47. The van der Waals surface area contributed by atoms with E-state index in [0.717, 1.165) is 11.1 Å². The number of nitrogens with zero attached hydrogens (tertiary/aromatic N) is 2. The SMILES string of the molecule is CCO[C@H]1CN(C(=O)OC(C)(C)C)C[C@@H]1N(Cc1ccccc1)C(=O)OCc1ccccc1. The fraction of sp³-hybridized carbons (Fsp3) is 0.462. The molecule has 1 aliphatic rings. The van der Waals surface area contributed by atoms with Crippen LogP contribution in [0.2, 0.25) is 0 Å². The molecule has 1 heterocycles. The molecule has 7 nitrogen and oxygen atoms in total. The first-order valence-corrected chi connectivity index (χ1v) is 11.4. The van der Waals surface area contributed by atoms with E-state index in [2.05, 4.69) is 0 Å². The van der Waals surface area contributed by atoms with Gasteiger partial charge < -0.3 is 19.1 Å². The number of likely N-dealkylation sites (tertiary alicyclic amines) is 1. The van der Waals surface area contributed by atoms with Crippen molar-refractivity contribution >= 4 is 12.2 Å². The zero-order chi connectivity index (χ0) is 23.8. The Kier molecular flexibility index (Phi) is 8.33. The largest absolute Gasteiger partial charge is 0.445 e. The summed E-state index contributed by atoms with van der Waals surface area (Å²) in [7, 11) is 0. The molecule has 3 rings (SSSR count). The summed E-state index contributed by atoms with van der Waals surface area (Å²) >= 11 is 0. The summed E-state index contributed by atoms with van der Waals surface area (Å²) in [6.45, 7) is 9.07. The van der Waals surface area contributed by atoms with Crippen molar-refractivity contribution in [3.05, 3.63) is 71.8 Å². The normalized spacial score (nSPS) is 18.1. The van der Waals surface area contributed by atoms with Crippen LogP contribution < -0.4 is 0 Å². The second-order valence-corrected chi connectivity index (χ2v) is 9.10. The molecule has 0 N–H and O–H groups in total. The molecule has 0 unspecified atom stereocenters. The lowest BCUT2D eigenvalue weighted by molar-refractivity contribution is 0.00681. The van der Waals surface area contributed by atoms with Crippen LogP contribution in [-0.4, -0.2) is 59.4 Å². The third-order valence-electron chi connectivity index (χ3n) is 5.31. The molecule has 2 atom stereocenters. The maximum absolute atomic E-state index is 13.3. The van der Waals surface area contributed by atoms with Crippen LogP contribution in [-0.2, 0) is 27.4 Å². The van der Waals surface area contributed by atoms with Crippen molar-refractivity contribution in [3.63, 3.8) is 0 Å². The zero-order valence-corrected chi connectivity index (χ0v) is 19.9. The summed E-state index contributed by atoms with van der Waals surface area (Å²) in [5.41, 5.74) is 1.28. The molecule has 2 aromatic rings. The second-order valence-electron chi connectivity index (χ2n) is 9.10. The van der Waals surface area contributed by atoms with E-state index in [9.17, 15) is 9.59 Å². The van der Waals surface area contributed by atoms with Crippen LogP contribution >= 0.6 is 0 Å². The zero-order valence-electron chi connectivity index (χ0n) is 19.9. The van der Waals surface area contributed by atoms with E-state index in [1.54, 1.807) is 9.80 Å². The third-order valence-corrected chi connectivity index (χ3v) is 5.31. The minimum Gasteiger partial charge on any atom is -0.445 e. The molecule has 2 amide bonds. The van der Waals surface area contributed by atoms with Gasteiger partial charge in [-0.2, -0.15) is 0 Å². The van der Waals surface area contributed by atoms with Gasteiger partial charge in [0.1, 0.15) is 12.2 Å². The fourth-order valence-electron chi connectivity index (χ4n) is 3.81. The Labute approximate surface area is 196 Å². The Hall–Kier alpha value is -3.06. The molecule has 1 aliphatic heterocycles. The molecule has 0 aromatic heterocycles. The van der Waals surface area contributed by atoms with Crippen molar-refractivity contribution in [2.45, 2.75) is 58.6 Å². The molecule has 0 radical (unpaired) electrons. The lowest BCUT2D eigenvalue weighted by atomic mass is 10.1. The Balaban J connectivity index is 1.80. The highest BCUT2D eigenvalue weighted by molar-refractivity contribution is 5.71.